The van der Waals surface area contributed by atoms with Crippen LogP contribution in [0, 0.1) is 11.3 Å². The lowest BCUT2D eigenvalue weighted by molar-refractivity contribution is -0.149. The number of nitrogens with two attached hydrogens (primary N) is 3. The molecule has 10 rings (SSSR count). The first-order chi connectivity index (χ1) is 66.1. The minimum absolute atomic E-state index is 0.00509. The van der Waals surface area contributed by atoms with E-state index in [1.54, 1.807) is 60.9 Å². The topological polar surface area (TPSA) is 670 Å². The van der Waals surface area contributed by atoms with E-state index in [0.29, 0.717) is 77.0 Å². The van der Waals surface area contributed by atoms with E-state index in [0.717, 1.165) is 31.4 Å². The van der Waals surface area contributed by atoms with E-state index >= 15 is 52.7 Å². The van der Waals surface area contributed by atoms with Gasteiger partial charge in [-0.25, -0.2) is 4.98 Å². The summed E-state index contributed by atoms with van der Waals surface area (Å²) in [5.74, 6) is -19.5. The zero-order valence-corrected chi connectivity index (χ0v) is 78.7. The number of ketones is 1. The number of carboxylic acid groups (broad SMARTS) is 1. The van der Waals surface area contributed by atoms with E-state index in [1.165, 1.54) is 55.8 Å². The lowest BCUT2D eigenvalue weighted by Crippen LogP contribution is -2.61. The number of piperidine rings is 1. The maximum Gasteiger partial charge on any atom is 0.305 e. The van der Waals surface area contributed by atoms with Crippen molar-refractivity contribution in [2.24, 2.45) is 23.1 Å². The fourth-order valence-corrected chi connectivity index (χ4v) is 18.7. The molecule has 2 unspecified atom stereocenters. The number of amides is 15. The molecule has 4 fully saturated rings. The predicted octanol–water partition coefficient (Wildman–Crippen LogP) is -2.01. The summed E-state index contributed by atoms with van der Waals surface area (Å²) in [5, 5.41) is 79.3. The number of aliphatic hydroxyl groups excluding tert-OH is 2. The molecule has 24 N–H and O–H groups in total. The molecule has 0 saturated carbocycles. The van der Waals surface area contributed by atoms with Crippen molar-refractivity contribution in [2.45, 2.75) is 240 Å². The molecule has 15 amide bonds. The number of thioether (sulfide) groups is 1. The molecular weight excluding hydrogens is 1810 g/mol. The number of nitrogens with one attached hydrogen (secondary N) is 14. The lowest BCUT2D eigenvalue weighted by Gasteiger charge is -2.38. The van der Waals surface area contributed by atoms with Gasteiger partial charge in [0.1, 0.15) is 78.3 Å². The van der Waals surface area contributed by atoms with Gasteiger partial charge in [-0.15, -0.1) is 11.8 Å². The van der Waals surface area contributed by atoms with Crippen molar-refractivity contribution in [3.05, 3.63) is 120 Å². The third-order valence-electron chi connectivity index (χ3n) is 25.3. The number of carbonyl (C=O) groups is 17. The van der Waals surface area contributed by atoms with Crippen molar-refractivity contribution in [2.75, 3.05) is 71.5 Å². The number of rotatable bonds is 27. The van der Waals surface area contributed by atoms with Crippen LogP contribution in [0.1, 0.15) is 152 Å². The van der Waals surface area contributed by atoms with E-state index in [2.05, 4.69) is 73.1 Å². The first-order valence-electron chi connectivity index (χ1n) is 46.8. The molecule has 748 valence electrons. The van der Waals surface area contributed by atoms with Crippen LogP contribution in [0.2, 0.25) is 0 Å². The van der Waals surface area contributed by atoms with Gasteiger partial charge in [0.2, 0.25) is 88.6 Å². The molecule has 0 radical (unpaired) electrons. The highest BCUT2D eigenvalue weighted by Gasteiger charge is 2.47. The van der Waals surface area contributed by atoms with Gasteiger partial charge in [0, 0.05) is 125 Å². The molecule has 0 spiro atoms. The smallest absolute Gasteiger partial charge is 0.305 e. The third-order valence-corrected chi connectivity index (χ3v) is 26.4. The fourth-order valence-electron chi connectivity index (χ4n) is 17.9. The normalized spacial score (nSPS) is 25.0. The standard InChI is InChI=1S/C93H129N23O21S/c1-5-7-24-71-84(129)105-63(23-16-33-99-93(96)97)82(127)111-70(81(126)102-46-77(95)121)49-138-50-78(122)104-67(36-52-28-30-57(118)31-29-52)90(135)114-34-14-13-26-72(114)86(131)110-69(42-79(123)124)91(136)115-35-17-27-73(115)85(130)108-66(40-56-45-98-51-103-56)83(128)106-64(22-15-32-94)89(134)116-47-58(119)41-75(116)87(132)107-65(37-53-43-100-61-20-11-9-18-59(53)61)76(120)39-55(48-117)80(125)109-68(38-54-44-101-62-21-12-10-19-60(54)62)88(133)113(4)74(25-8-6-2)92(137)112(71)3/h9-12,18-21,28-31,43-45,51,55,58,63-75,100-101,117-119H,5-8,13-17,22-27,32-42,46-50,94H2,1-4H3,(H2,95,121)(H,98,103)(H,102,126)(H,104,122)(H,105,129)(H,106,128)(H,107,132)(H,108,130)(H,109,125)(H,110,131)(H,111,127)(H,123,124)(H4,96,97,99)/t55-,58+,63-,64-,65+,66+,67-,68-,69+,70+,71+,72?,73-,74+,75?/m0/s1. The summed E-state index contributed by atoms with van der Waals surface area (Å²) in [6.07, 6.45) is 3.34. The second kappa shape index (κ2) is 51.6. The van der Waals surface area contributed by atoms with Crippen molar-refractivity contribution < 1.29 is 102 Å². The van der Waals surface area contributed by atoms with Gasteiger partial charge in [-0.2, -0.15) is 0 Å². The number of hydrogen-bond acceptors (Lipinski definition) is 24. The number of phenols is 1. The highest BCUT2D eigenvalue weighted by atomic mass is 32.2. The average molecular weight is 1940 g/mol. The number of aliphatic hydroxyl groups is 2. The van der Waals surface area contributed by atoms with Gasteiger partial charge in [-0.05, 0) is 118 Å². The summed E-state index contributed by atoms with van der Waals surface area (Å²) in [5.41, 5.74) is 20.1. The number of fused-ring (bicyclic) bond motifs is 5. The molecule has 45 heteroatoms. The summed E-state index contributed by atoms with van der Waals surface area (Å²) in [6, 6.07) is -0.239. The van der Waals surface area contributed by atoms with Crippen molar-refractivity contribution in [1.82, 2.24) is 97.6 Å². The van der Waals surface area contributed by atoms with Crippen LogP contribution in [0.4, 0.5) is 0 Å². The Kier molecular flexibility index (Phi) is 39.8. The SMILES string of the molecule is CCCC[C@@H]1C(=O)N(C)[C@H](CCCC)C(=O)N[C@@H](CCCNC(=N)N)C(=O)N[C@@H](C(=O)NCC(N)=O)CSCC(=O)N[C@@H](Cc2ccc(O)cc2)C(=O)N2CCCCC2C(=O)N[C@H](CC(=O)O)C(=O)N2CCC[C@H]2C(=O)N[C@H](Cc2c[nH]cn2)C(=O)N[C@@H](CCCN)C(=O)N2C[C@H](O)CC2C(=O)N[C@H](Cc2c[nH]c3ccccc23)C(=O)C[C@@H](CO)C(=O)N[C@@H](Cc2c[nH]c3ccccc23)C(=O)N1C. The van der Waals surface area contributed by atoms with Gasteiger partial charge in [-0.1, -0.05) is 88.1 Å². The molecule has 44 nitrogen and oxygen atoms in total. The molecule has 3 aromatic heterocycles. The third kappa shape index (κ3) is 29.3. The van der Waals surface area contributed by atoms with Crippen LogP contribution in [0.15, 0.2) is 97.7 Å². The largest absolute Gasteiger partial charge is 0.508 e. The van der Waals surface area contributed by atoms with Crippen molar-refractivity contribution in [1.29, 1.82) is 5.41 Å². The first-order valence-corrected chi connectivity index (χ1v) is 47.9. The summed E-state index contributed by atoms with van der Waals surface area (Å²) >= 11 is 0.771. The maximum atomic E-state index is 15.8. The van der Waals surface area contributed by atoms with Gasteiger partial charge in [0.25, 0.3) is 0 Å². The second-order valence-electron chi connectivity index (χ2n) is 35.4. The maximum absolute atomic E-state index is 15.8. The Morgan fingerprint density at radius 2 is 1.10 bits per heavy atom. The molecule has 7 heterocycles. The highest BCUT2D eigenvalue weighted by molar-refractivity contribution is 8.00. The number of H-pyrrole nitrogens is 3. The Morgan fingerprint density at radius 1 is 0.551 bits per heavy atom. The number of carbonyl (C=O) groups excluding carboxylic acids is 16. The summed E-state index contributed by atoms with van der Waals surface area (Å²) < 4.78 is 0. The average Bonchev–Trinajstić information content (AvgIpc) is 1.67. The Bertz CT molecular complexity index is 5310. The zero-order valence-electron chi connectivity index (χ0n) is 77.9. The van der Waals surface area contributed by atoms with Crippen LogP contribution in [0.3, 0.4) is 0 Å². The number of nitrogens with zero attached hydrogens (tertiary/aromatic N) is 6. The number of benzene rings is 3. The summed E-state index contributed by atoms with van der Waals surface area (Å²) in [7, 11) is 2.70. The van der Waals surface area contributed by atoms with E-state index in [-0.39, 0.29) is 121 Å². The molecule has 3 aromatic carbocycles. The summed E-state index contributed by atoms with van der Waals surface area (Å²) in [4.78, 5) is 271. The van der Waals surface area contributed by atoms with E-state index < -0.39 is 247 Å². The van der Waals surface area contributed by atoms with Gasteiger partial charge < -0.3 is 130 Å². The molecule has 15 atom stereocenters. The Hall–Kier alpha value is -13.6. The van der Waals surface area contributed by atoms with Gasteiger partial charge in [-0.3, -0.25) is 86.9 Å². The van der Waals surface area contributed by atoms with Crippen LogP contribution < -0.4 is 70.4 Å². The molecule has 4 aliphatic rings. The van der Waals surface area contributed by atoms with Crippen LogP contribution in [-0.4, -0.2) is 327 Å². The van der Waals surface area contributed by atoms with Crippen molar-refractivity contribution >= 4 is 140 Å². The Balaban J connectivity index is 1.03. The molecule has 138 heavy (non-hydrogen) atoms. The second-order valence-corrected chi connectivity index (χ2v) is 36.4. The molecule has 6 aromatic rings. The minimum Gasteiger partial charge on any atom is -0.508 e. The number of imidazole rings is 1. The number of aromatic nitrogens is 4. The van der Waals surface area contributed by atoms with Crippen molar-refractivity contribution in [3.8, 4) is 5.75 Å². The monoisotopic (exact) mass is 1940 g/mol. The van der Waals surface area contributed by atoms with Crippen molar-refractivity contribution in [3.63, 3.8) is 0 Å². The summed E-state index contributed by atoms with van der Waals surface area (Å²) in [6.45, 7) is 1.17. The highest BCUT2D eigenvalue weighted by Crippen LogP contribution is 2.30. The number of likely N-dealkylation sites (N-methyl/N-ethyl adjacent to an activating group) is 2. The fraction of sp³-hybridized carbons (Fsp3) is 0.538. The molecule has 4 saturated heterocycles. The van der Waals surface area contributed by atoms with Gasteiger partial charge >= 0.3 is 5.97 Å². The van der Waals surface area contributed by atoms with Gasteiger partial charge in [0.05, 0.1) is 55.4 Å². The molecule has 0 aliphatic carbocycles. The van der Waals surface area contributed by atoms with Crippen LogP contribution in [-0.2, 0) is 107 Å². The number of aliphatic carboxylic acids is 1. The number of guanidine groups is 1. The number of unbranched alkanes of at least 4 members (excludes halogenated alkanes) is 2. The number of Topliss-reactive ketones (excluding diaryl/α,β-unsaturated/α-hetero) is 1. The number of hydrogen-bond donors (Lipinski definition) is 21. The number of carboxylic acids is 1. The molecule has 4 aliphatic heterocycles. The van der Waals surface area contributed by atoms with Crippen LogP contribution in [0.5, 0.6) is 5.75 Å². The Morgan fingerprint density at radius 3 is 1.72 bits per heavy atom. The lowest BCUT2D eigenvalue weighted by atomic mass is 9.93. The zero-order chi connectivity index (χ0) is 100.0. The molecule has 0 bridgehead atoms. The van der Waals surface area contributed by atoms with E-state index in [9.17, 15) is 49.2 Å². The Labute approximate surface area is 801 Å². The predicted molar refractivity (Wildman–Crippen MR) is 505 cm³/mol. The van der Waals surface area contributed by atoms with Gasteiger partial charge in [0.15, 0.2) is 11.7 Å². The van der Waals surface area contributed by atoms with E-state index in [1.807, 2.05) is 13.8 Å². The number of aromatic amines is 3. The van der Waals surface area contributed by atoms with Crippen LogP contribution >= 0.6 is 11.8 Å². The van der Waals surface area contributed by atoms with Crippen LogP contribution in [0.25, 0.3) is 21.8 Å². The first kappa shape index (κ1) is 106. The number of para-hydroxylation sites is 2. The number of phenolic OH excluding ortho intramolecular Hbond substituents is 1. The number of aromatic hydroxyl groups is 1. The number of primary amides is 1. The van der Waals surface area contributed by atoms with E-state index in [4.69, 9.17) is 22.6 Å². The minimum atomic E-state index is -1.89. The molecular formula is C93H129N23O21S. The quantitative estimate of drug-likeness (QED) is 0.0150.